The second-order valence-electron chi connectivity index (χ2n) is 3.79. The van der Waals surface area contributed by atoms with E-state index in [-0.39, 0.29) is 5.91 Å². The van der Waals surface area contributed by atoms with Crippen LogP contribution in [0, 0.1) is 0 Å². The molecule has 3 nitrogen and oxygen atoms in total. The number of nitrogens with two attached hydrogens (primary N) is 1. The zero-order valence-corrected chi connectivity index (χ0v) is 10.1. The number of hydrogen-bond acceptors (Lipinski definition) is 2. The molecule has 0 radical (unpaired) electrons. The normalized spacial score (nSPS) is 23.9. The number of amides is 1. The molecule has 0 fully saturated rings. The van der Waals surface area contributed by atoms with Crippen LogP contribution in [-0.4, -0.2) is 13.0 Å². The Morgan fingerprint density at radius 2 is 2.33 bits per heavy atom. The van der Waals surface area contributed by atoms with Crippen molar-refractivity contribution in [2.24, 2.45) is 5.73 Å². The number of likely N-dealkylation sites (N-methyl/N-ethyl adjacent to an activating group) is 1. The number of nitrogens with one attached hydrogen (secondary N) is 1. The summed E-state index contributed by atoms with van der Waals surface area (Å²) in [6, 6.07) is 5.89. The highest BCUT2D eigenvalue weighted by molar-refractivity contribution is 9.10. The number of carbonyl (C=O) groups excluding carboxylic acids is 1. The monoisotopic (exact) mass is 268 g/mol. The van der Waals surface area contributed by atoms with E-state index in [1.54, 1.807) is 7.05 Å². The van der Waals surface area contributed by atoms with Crippen LogP contribution in [-0.2, 0) is 16.8 Å². The Kier molecular flexibility index (Phi) is 2.56. The van der Waals surface area contributed by atoms with E-state index in [0.717, 1.165) is 22.9 Å². The topological polar surface area (TPSA) is 55.1 Å². The third-order valence-electron chi connectivity index (χ3n) is 3.18. The van der Waals surface area contributed by atoms with E-state index < -0.39 is 5.54 Å². The lowest BCUT2D eigenvalue weighted by Crippen LogP contribution is -2.49. The van der Waals surface area contributed by atoms with Crippen molar-refractivity contribution in [2.45, 2.75) is 18.4 Å². The number of carbonyl (C=O) groups is 1. The lowest BCUT2D eigenvalue weighted by atomic mass is 9.91. The molecule has 1 atom stereocenters. The third-order valence-corrected chi connectivity index (χ3v) is 3.92. The highest BCUT2D eigenvalue weighted by Crippen LogP contribution is 2.39. The Morgan fingerprint density at radius 1 is 1.60 bits per heavy atom. The fourth-order valence-electron chi connectivity index (χ4n) is 2.30. The Balaban J connectivity index is 2.61. The number of primary amides is 1. The minimum Gasteiger partial charge on any atom is -0.368 e. The van der Waals surface area contributed by atoms with Gasteiger partial charge in [-0.2, -0.15) is 0 Å². The zero-order chi connectivity index (χ0) is 11.1. The van der Waals surface area contributed by atoms with E-state index in [1.165, 1.54) is 5.56 Å². The average molecular weight is 269 g/mol. The predicted octanol–water partition coefficient (Wildman–Crippen LogP) is 1.30. The second kappa shape index (κ2) is 3.61. The third kappa shape index (κ3) is 1.40. The first-order chi connectivity index (χ1) is 7.12. The predicted molar refractivity (Wildman–Crippen MR) is 62.4 cm³/mol. The molecule has 1 aromatic carbocycles. The Labute approximate surface area is 97.2 Å². The number of halogens is 1. The molecule has 0 saturated heterocycles. The van der Waals surface area contributed by atoms with Crippen LogP contribution in [0.4, 0.5) is 0 Å². The van der Waals surface area contributed by atoms with Crippen molar-refractivity contribution in [3.05, 3.63) is 33.8 Å². The summed E-state index contributed by atoms with van der Waals surface area (Å²) in [5.74, 6) is -0.304. The summed E-state index contributed by atoms with van der Waals surface area (Å²) in [4.78, 5) is 11.6. The van der Waals surface area contributed by atoms with Crippen molar-refractivity contribution in [1.29, 1.82) is 0 Å². The summed E-state index contributed by atoms with van der Waals surface area (Å²) in [6.07, 6.45) is 1.61. The first-order valence-electron chi connectivity index (χ1n) is 4.88. The zero-order valence-electron chi connectivity index (χ0n) is 8.51. The molecule has 3 N–H and O–H groups in total. The van der Waals surface area contributed by atoms with Gasteiger partial charge in [0.2, 0.25) is 5.91 Å². The maximum Gasteiger partial charge on any atom is 0.242 e. The molecule has 0 heterocycles. The van der Waals surface area contributed by atoms with Gasteiger partial charge < -0.3 is 11.1 Å². The van der Waals surface area contributed by atoms with Gasteiger partial charge in [0.05, 0.1) is 0 Å². The number of hydrogen-bond donors (Lipinski definition) is 2. The number of fused-ring (bicyclic) bond motifs is 1. The van der Waals surface area contributed by atoms with Crippen LogP contribution in [0.25, 0.3) is 0 Å². The van der Waals surface area contributed by atoms with Gasteiger partial charge in [0, 0.05) is 4.47 Å². The minimum absolute atomic E-state index is 0.304. The van der Waals surface area contributed by atoms with Gasteiger partial charge in [-0.1, -0.05) is 28.1 Å². The SMILES string of the molecule is CNC1(C(N)=O)CCc2c(Br)cccc21. The Bertz CT molecular complexity index is 419. The second-order valence-corrected chi connectivity index (χ2v) is 4.64. The molecule has 15 heavy (non-hydrogen) atoms. The van der Waals surface area contributed by atoms with E-state index in [1.807, 2.05) is 18.2 Å². The van der Waals surface area contributed by atoms with E-state index in [0.29, 0.717) is 0 Å². The van der Waals surface area contributed by atoms with Crippen LogP contribution in [0.15, 0.2) is 22.7 Å². The molecule has 1 aromatic rings. The van der Waals surface area contributed by atoms with Crippen LogP contribution in [0.1, 0.15) is 17.5 Å². The summed E-state index contributed by atoms with van der Waals surface area (Å²) < 4.78 is 1.05. The van der Waals surface area contributed by atoms with Crippen molar-refractivity contribution in [1.82, 2.24) is 5.32 Å². The summed E-state index contributed by atoms with van der Waals surface area (Å²) in [7, 11) is 1.78. The fraction of sp³-hybridized carbons (Fsp3) is 0.364. The molecular weight excluding hydrogens is 256 g/mol. The lowest BCUT2D eigenvalue weighted by molar-refractivity contribution is -0.124. The molecule has 0 spiro atoms. The summed E-state index contributed by atoms with van der Waals surface area (Å²) >= 11 is 3.50. The first-order valence-corrected chi connectivity index (χ1v) is 5.68. The Morgan fingerprint density at radius 3 is 2.93 bits per heavy atom. The van der Waals surface area contributed by atoms with Gasteiger partial charge in [0.25, 0.3) is 0 Å². The fourth-order valence-corrected chi connectivity index (χ4v) is 2.86. The van der Waals surface area contributed by atoms with Gasteiger partial charge in [0.1, 0.15) is 5.54 Å². The average Bonchev–Trinajstić information content (AvgIpc) is 2.59. The molecule has 1 unspecified atom stereocenters. The van der Waals surface area contributed by atoms with Crippen molar-refractivity contribution in [3.63, 3.8) is 0 Å². The largest absolute Gasteiger partial charge is 0.368 e. The molecule has 0 saturated carbocycles. The molecule has 0 aromatic heterocycles. The van der Waals surface area contributed by atoms with E-state index in [9.17, 15) is 4.79 Å². The van der Waals surface area contributed by atoms with Crippen molar-refractivity contribution < 1.29 is 4.79 Å². The first kappa shape index (κ1) is 10.6. The van der Waals surface area contributed by atoms with E-state index >= 15 is 0 Å². The number of rotatable bonds is 2. The van der Waals surface area contributed by atoms with Crippen LogP contribution >= 0.6 is 15.9 Å². The molecular formula is C11H13BrN2O. The lowest BCUT2D eigenvalue weighted by Gasteiger charge is -2.26. The minimum atomic E-state index is -0.681. The van der Waals surface area contributed by atoms with Gasteiger partial charge in [-0.15, -0.1) is 0 Å². The van der Waals surface area contributed by atoms with Gasteiger partial charge in [0.15, 0.2) is 0 Å². The van der Waals surface area contributed by atoms with Gasteiger partial charge >= 0.3 is 0 Å². The smallest absolute Gasteiger partial charge is 0.242 e. The molecule has 0 aliphatic heterocycles. The van der Waals surface area contributed by atoms with Gasteiger partial charge in [-0.05, 0) is 37.1 Å². The quantitative estimate of drug-likeness (QED) is 0.850. The summed E-state index contributed by atoms with van der Waals surface area (Å²) in [6.45, 7) is 0. The molecule has 80 valence electrons. The summed E-state index contributed by atoms with van der Waals surface area (Å²) in [5.41, 5.74) is 7.00. The van der Waals surface area contributed by atoms with Crippen molar-refractivity contribution in [3.8, 4) is 0 Å². The van der Waals surface area contributed by atoms with Crippen LogP contribution in [0.2, 0.25) is 0 Å². The Hall–Kier alpha value is -0.870. The summed E-state index contributed by atoms with van der Waals surface area (Å²) in [5, 5.41) is 3.06. The number of benzene rings is 1. The molecule has 1 aliphatic carbocycles. The van der Waals surface area contributed by atoms with Crippen molar-refractivity contribution >= 4 is 21.8 Å². The van der Waals surface area contributed by atoms with Crippen LogP contribution in [0.5, 0.6) is 0 Å². The highest BCUT2D eigenvalue weighted by Gasteiger charge is 2.43. The van der Waals surface area contributed by atoms with Gasteiger partial charge in [-0.25, -0.2) is 0 Å². The molecule has 0 bridgehead atoms. The maximum atomic E-state index is 11.6. The molecule has 2 rings (SSSR count). The standard InChI is InChI=1S/C11H13BrN2O/c1-14-11(10(13)15)6-5-7-8(11)3-2-4-9(7)12/h2-4,14H,5-6H2,1H3,(H2,13,15). The van der Waals surface area contributed by atoms with Gasteiger partial charge in [-0.3, -0.25) is 4.79 Å². The van der Waals surface area contributed by atoms with E-state index in [4.69, 9.17) is 5.73 Å². The van der Waals surface area contributed by atoms with Crippen LogP contribution in [0.3, 0.4) is 0 Å². The molecule has 4 heteroatoms. The van der Waals surface area contributed by atoms with Crippen LogP contribution < -0.4 is 11.1 Å². The molecule has 1 aliphatic rings. The highest BCUT2D eigenvalue weighted by atomic mass is 79.9. The molecule has 1 amide bonds. The van der Waals surface area contributed by atoms with Crippen molar-refractivity contribution in [2.75, 3.05) is 7.05 Å². The van der Waals surface area contributed by atoms with E-state index in [2.05, 4.69) is 21.2 Å². The maximum absolute atomic E-state index is 11.6.